The number of likely N-dealkylation sites (N-methyl/N-ethyl adjacent to an activating group) is 1. The van der Waals surface area contributed by atoms with E-state index in [-0.39, 0.29) is 17.6 Å². The molecule has 1 atom stereocenters. The summed E-state index contributed by atoms with van der Waals surface area (Å²) < 4.78 is 13.1. The Balaban J connectivity index is 1.43. The lowest BCUT2D eigenvalue weighted by atomic mass is 9.95. The van der Waals surface area contributed by atoms with Crippen molar-refractivity contribution in [3.05, 3.63) is 52.7 Å². The van der Waals surface area contributed by atoms with Gasteiger partial charge in [-0.05, 0) is 44.0 Å². The first-order valence-corrected chi connectivity index (χ1v) is 10.8. The van der Waals surface area contributed by atoms with Gasteiger partial charge in [0.05, 0.1) is 5.69 Å². The lowest BCUT2D eigenvalue weighted by Gasteiger charge is -2.33. The number of carbonyl (C=O) groups excluding carboxylic acids is 1. The Bertz CT molecular complexity index is 884. The van der Waals surface area contributed by atoms with Crippen LogP contribution in [0, 0.1) is 5.82 Å². The minimum Gasteiger partial charge on any atom is -0.373 e. The zero-order valence-electron chi connectivity index (χ0n) is 17.8. The number of carbonyl (C=O) groups is 1. The molecule has 0 saturated carbocycles. The van der Waals surface area contributed by atoms with Crippen molar-refractivity contribution in [1.29, 1.82) is 0 Å². The third-order valence-corrected chi connectivity index (χ3v) is 6.19. The van der Waals surface area contributed by atoms with Gasteiger partial charge in [-0.25, -0.2) is 14.4 Å². The van der Waals surface area contributed by atoms with E-state index in [1.807, 2.05) is 11.9 Å². The van der Waals surface area contributed by atoms with Gasteiger partial charge in [-0.15, -0.1) is 0 Å². The van der Waals surface area contributed by atoms with Gasteiger partial charge < -0.3 is 15.1 Å². The van der Waals surface area contributed by atoms with Gasteiger partial charge in [0.2, 0.25) is 5.91 Å². The van der Waals surface area contributed by atoms with Gasteiger partial charge in [-0.2, -0.15) is 0 Å². The third kappa shape index (κ3) is 4.61. The van der Waals surface area contributed by atoms with Gasteiger partial charge in [-0.3, -0.25) is 4.79 Å². The molecule has 4 rings (SSSR count). The SMILES string of the molecule is CNc1nc([C@H]2CCCN(C(=O)CCc3ccc(F)cc3)C2)nc2c1CN(C)CC2. The fourth-order valence-electron chi connectivity index (χ4n) is 4.43. The highest BCUT2D eigenvalue weighted by molar-refractivity contribution is 5.76. The van der Waals surface area contributed by atoms with Gasteiger partial charge in [0, 0.05) is 57.5 Å². The van der Waals surface area contributed by atoms with Crippen LogP contribution in [0.1, 0.15) is 47.8 Å². The molecule has 1 aromatic carbocycles. The van der Waals surface area contributed by atoms with E-state index < -0.39 is 0 Å². The van der Waals surface area contributed by atoms with E-state index in [1.54, 1.807) is 12.1 Å². The predicted octanol–water partition coefficient (Wildman–Crippen LogP) is 2.98. The van der Waals surface area contributed by atoms with E-state index in [0.717, 1.165) is 61.8 Å². The molecule has 7 heteroatoms. The second-order valence-corrected chi connectivity index (χ2v) is 8.40. The second kappa shape index (κ2) is 9.08. The molecule has 2 aromatic rings. The number of aryl methyl sites for hydroxylation is 1. The molecule has 1 fully saturated rings. The molecule has 30 heavy (non-hydrogen) atoms. The molecular weight excluding hydrogens is 381 g/mol. The van der Waals surface area contributed by atoms with Crippen LogP contribution < -0.4 is 5.32 Å². The summed E-state index contributed by atoms with van der Waals surface area (Å²) in [6.07, 6.45) is 3.97. The van der Waals surface area contributed by atoms with Crippen molar-refractivity contribution < 1.29 is 9.18 Å². The number of hydrogen-bond donors (Lipinski definition) is 1. The van der Waals surface area contributed by atoms with Crippen LogP contribution in [0.2, 0.25) is 0 Å². The van der Waals surface area contributed by atoms with Crippen molar-refractivity contribution in [2.75, 3.05) is 39.0 Å². The van der Waals surface area contributed by atoms with Gasteiger partial charge >= 0.3 is 0 Å². The molecule has 2 aliphatic rings. The first-order valence-electron chi connectivity index (χ1n) is 10.8. The zero-order chi connectivity index (χ0) is 21.1. The molecule has 1 amide bonds. The Morgan fingerprint density at radius 1 is 1.23 bits per heavy atom. The molecule has 0 bridgehead atoms. The van der Waals surface area contributed by atoms with Gasteiger partial charge in [0.15, 0.2) is 0 Å². The summed E-state index contributed by atoms with van der Waals surface area (Å²) in [5, 5.41) is 3.25. The van der Waals surface area contributed by atoms with Crippen LogP contribution in [0.4, 0.5) is 10.2 Å². The van der Waals surface area contributed by atoms with Crippen molar-refractivity contribution in [1.82, 2.24) is 19.8 Å². The summed E-state index contributed by atoms with van der Waals surface area (Å²) in [7, 11) is 4.03. The predicted molar refractivity (Wildman–Crippen MR) is 115 cm³/mol. The molecular formula is C23H30FN5O. The lowest BCUT2D eigenvalue weighted by molar-refractivity contribution is -0.132. The maximum atomic E-state index is 13.1. The van der Waals surface area contributed by atoms with Crippen molar-refractivity contribution in [2.45, 2.75) is 44.6 Å². The van der Waals surface area contributed by atoms with Crippen LogP contribution in [0.3, 0.4) is 0 Å². The largest absolute Gasteiger partial charge is 0.373 e. The molecule has 1 saturated heterocycles. The van der Waals surface area contributed by atoms with Gasteiger partial charge in [0.1, 0.15) is 17.5 Å². The smallest absolute Gasteiger partial charge is 0.222 e. The molecule has 6 nitrogen and oxygen atoms in total. The van der Waals surface area contributed by atoms with Crippen molar-refractivity contribution >= 4 is 11.7 Å². The quantitative estimate of drug-likeness (QED) is 0.820. The Hall–Kier alpha value is -2.54. The molecule has 0 aliphatic carbocycles. The van der Waals surface area contributed by atoms with E-state index in [4.69, 9.17) is 9.97 Å². The first kappa shape index (κ1) is 20.7. The number of aromatic nitrogens is 2. The molecule has 160 valence electrons. The highest BCUT2D eigenvalue weighted by Gasteiger charge is 2.28. The van der Waals surface area contributed by atoms with E-state index in [9.17, 15) is 9.18 Å². The second-order valence-electron chi connectivity index (χ2n) is 8.40. The standard InChI is InChI=1S/C23H30FN5O/c1-25-23-19-15-28(2)13-11-20(19)26-22(27-23)17-4-3-12-29(14-17)21(30)10-7-16-5-8-18(24)9-6-16/h5-6,8-9,17H,3-4,7,10-15H2,1-2H3,(H,25,26,27)/t17-/m0/s1. The molecule has 3 heterocycles. The Kier molecular flexibility index (Phi) is 6.27. The summed E-state index contributed by atoms with van der Waals surface area (Å²) in [5.41, 5.74) is 3.32. The third-order valence-electron chi connectivity index (χ3n) is 6.19. The number of nitrogens with zero attached hydrogens (tertiary/aromatic N) is 4. The fourth-order valence-corrected chi connectivity index (χ4v) is 4.43. The van der Waals surface area contributed by atoms with Crippen molar-refractivity contribution in [2.24, 2.45) is 0 Å². The number of rotatable bonds is 5. The lowest BCUT2D eigenvalue weighted by Crippen LogP contribution is -2.40. The number of hydrogen-bond acceptors (Lipinski definition) is 5. The van der Waals surface area contributed by atoms with Crippen LogP contribution in [0.15, 0.2) is 24.3 Å². The topological polar surface area (TPSA) is 61.4 Å². The van der Waals surface area contributed by atoms with E-state index >= 15 is 0 Å². The van der Waals surface area contributed by atoms with E-state index in [2.05, 4.69) is 17.3 Å². The average molecular weight is 412 g/mol. The highest BCUT2D eigenvalue weighted by Crippen LogP contribution is 2.29. The van der Waals surface area contributed by atoms with E-state index in [0.29, 0.717) is 19.4 Å². The maximum Gasteiger partial charge on any atom is 0.222 e. The Morgan fingerprint density at radius 3 is 2.80 bits per heavy atom. The number of amides is 1. The summed E-state index contributed by atoms with van der Waals surface area (Å²) >= 11 is 0. The van der Waals surface area contributed by atoms with Crippen molar-refractivity contribution in [3.63, 3.8) is 0 Å². The normalized spacial score (nSPS) is 19.4. The average Bonchev–Trinajstić information content (AvgIpc) is 2.78. The summed E-state index contributed by atoms with van der Waals surface area (Å²) in [4.78, 5) is 26.8. The van der Waals surface area contributed by atoms with E-state index in [1.165, 1.54) is 17.7 Å². The zero-order valence-corrected chi connectivity index (χ0v) is 17.8. The van der Waals surface area contributed by atoms with Gasteiger partial charge in [0.25, 0.3) is 0 Å². The number of benzene rings is 1. The minimum absolute atomic E-state index is 0.150. The summed E-state index contributed by atoms with van der Waals surface area (Å²) in [6, 6.07) is 6.39. The molecule has 0 radical (unpaired) electrons. The number of likely N-dealkylation sites (tertiary alicyclic amines) is 1. The summed E-state index contributed by atoms with van der Waals surface area (Å²) in [6.45, 7) is 3.33. The first-order chi connectivity index (χ1) is 14.5. The molecule has 0 spiro atoms. The molecule has 1 N–H and O–H groups in total. The molecule has 0 unspecified atom stereocenters. The van der Waals surface area contributed by atoms with Crippen LogP contribution >= 0.6 is 0 Å². The number of nitrogens with one attached hydrogen (secondary N) is 1. The number of fused-ring (bicyclic) bond motifs is 1. The van der Waals surface area contributed by atoms with Crippen LogP contribution in [0.5, 0.6) is 0 Å². The fraction of sp³-hybridized carbons (Fsp3) is 0.522. The van der Waals surface area contributed by atoms with Crippen LogP contribution in [0.25, 0.3) is 0 Å². The molecule has 2 aliphatic heterocycles. The molecule has 1 aromatic heterocycles. The van der Waals surface area contributed by atoms with Crippen molar-refractivity contribution in [3.8, 4) is 0 Å². The van der Waals surface area contributed by atoms with Crippen LogP contribution in [-0.4, -0.2) is 59.4 Å². The number of halogens is 1. The Morgan fingerprint density at radius 2 is 2.03 bits per heavy atom. The highest BCUT2D eigenvalue weighted by atomic mass is 19.1. The monoisotopic (exact) mass is 411 g/mol. The Labute approximate surface area is 177 Å². The van der Waals surface area contributed by atoms with Crippen LogP contribution in [-0.2, 0) is 24.2 Å². The minimum atomic E-state index is -0.249. The number of anilines is 1. The number of piperidine rings is 1. The maximum absolute atomic E-state index is 13.1. The van der Waals surface area contributed by atoms with Gasteiger partial charge in [-0.1, -0.05) is 12.1 Å². The summed E-state index contributed by atoms with van der Waals surface area (Å²) in [5.74, 6) is 1.85.